The summed E-state index contributed by atoms with van der Waals surface area (Å²) >= 11 is 0. The summed E-state index contributed by atoms with van der Waals surface area (Å²) in [7, 11) is 0. The molecule has 47 heavy (non-hydrogen) atoms. The van der Waals surface area contributed by atoms with Crippen LogP contribution in [0.25, 0.3) is 22.2 Å². The van der Waals surface area contributed by atoms with E-state index in [1.165, 1.54) is 6.33 Å². The highest BCUT2D eigenvalue weighted by Crippen LogP contribution is 2.34. The lowest BCUT2D eigenvalue weighted by atomic mass is 9.95. The van der Waals surface area contributed by atoms with Crippen molar-refractivity contribution < 1.29 is 28.3 Å². The van der Waals surface area contributed by atoms with Crippen molar-refractivity contribution in [1.29, 1.82) is 0 Å². The van der Waals surface area contributed by atoms with E-state index < -0.39 is 29.3 Å². The van der Waals surface area contributed by atoms with Crippen LogP contribution in [0.3, 0.4) is 0 Å². The number of furan rings is 1. The van der Waals surface area contributed by atoms with Gasteiger partial charge in [0.1, 0.15) is 28.6 Å². The monoisotopic (exact) mass is 644 g/mol. The van der Waals surface area contributed by atoms with E-state index in [9.17, 15) is 14.4 Å². The summed E-state index contributed by atoms with van der Waals surface area (Å²) in [6, 6.07) is 3.32. The third-order valence-corrected chi connectivity index (χ3v) is 7.03. The molecule has 0 bridgehead atoms. The Morgan fingerprint density at radius 1 is 0.894 bits per heavy atom. The van der Waals surface area contributed by atoms with Gasteiger partial charge >= 0.3 is 12.2 Å². The fourth-order valence-electron chi connectivity index (χ4n) is 5.35. The Morgan fingerprint density at radius 2 is 1.60 bits per heavy atom. The molecule has 0 saturated carbocycles. The van der Waals surface area contributed by atoms with Gasteiger partial charge in [-0.05, 0) is 66.0 Å². The van der Waals surface area contributed by atoms with Crippen molar-refractivity contribution in [2.75, 3.05) is 28.6 Å². The number of nitrogens with zero attached hydrogens (tertiary/aromatic N) is 5. The molecular formula is C33H40N8O6. The van der Waals surface area contributed by atoms with E-state index in [1.54, 1.807) is 63.9 Å². The molecule has 4 aromatic heterocycles. The lowest BCUT2D eigenvalue weighted by Gasteiger charge is -2.39. The van der Waals surface area contributed by atoms with E-state index in [4.69, 9.17) is 13.9 Å². The number of carbonyl (C=O) groups excluding carboxylic acids is 3. The van der Waals surface area contributed by atoms with Gasteiger partial charge in [-0.3, -0.25) is 20.1 Å². The molecule has 3 amide bonds. The molecule has 2 atom stereocenters. The molecule has 1 aliphatic heterocycles. The highest BCUT2D eigenvalue weighted by molar-refractivity contribution is 6.17. The Balaban J connectivity index is 1.44. The third-order valence-electron chi connectivity index (χ3n) is 7.03. The van der Waals surface area contributed by atoms with Crippen molar-refractivity contribution in [2.45, 2.75) is 72.1 Å². The van der Waals surface area contributed by atoms with Crippen LogP contribution in [0.4, 0.5) is 26.8 Å². The summed E-state index contributed by atoms with van der Waals surface area (Å²) in [6.07, 6.45) is 8.94. The lowest BCUT2D eigenvalue weighted by molar-refractivity contribution is 0.0494. The second kappa shape index (κ2) is 13.2. The van der Waals surface area contributed by atoms with E-state index in [0.29, 0.717) is 35.6 Å². The fraction of sp³-hybridized carbons (Fsp3) is 0.424. The summed E-state index contributed by atoms with van der Waals surface area (Å²) < 4.78 is 16.9. The smallest absolute Gasteiger partial charge is 0.414 e. The maximum atomic E-state index is 14.0. The minimum Gasteiger partial charge on any atom is -0.444 e. The van der Waals surface area contributed by atoms with Crippen LogP contribution in [0.15, 0.2) is 53.9 Å². The maximum Gasteiger partial charge on any atom is 0.414 e. The van der Waals surface area contributed by atoms with Crippen molar-refractivity contribution in [3.8, 4) is 11.1 Å². The second-order valence-electron chi connectivity index (χ2n) is 13.6. The summed E-state index contributed by atoms with van der Waals surface area (Å²) in [6.45, 7) is 13.9. The molecule has 4 aromatic rings. The highest BCUT2D eigenvalue weighted by Gasteiger charge is 2.31. The van der Waals surface area contributed by atoms with Gasteiger partial charge in [0.25, 0.3) is 5.91 Å². The largest absolute Gasteiger partial charge is 0.444 e. The Labute approximate surface area is 272 Å². The summed E-state index contributed by atoms with van der Waals surface area (Å²) in [5.41, 5.74) is 1.59. The van der Waals surface area contributed by atoms with Crippen LogP contribution in [0, 0.1) is 5.92 Å². The summed E-state index contributed by atoms with van der Waals surface area (Å²) in [5, 5.41) is 8.50. The molecule has 5 heterocycles. The van der Waals surface area contributed by atoms with Crippen molar-refractivity contribution in [3.63, 3.8) is 0 Å². The second-order valence-corrected chi connectivity index (χ2v) is 13.6. The molecule has 1 saturated heterocycles. The van der Waals surface area contributed by atoms with Crippen molar-refractivity contribution >= 4 is 46.5 Å². The number of nitrogens with one attached hydrogen (secondary N) is 3. The first-order valence-electron chi connectivity index (χ1n) is 15.3. The minimum absolute atomic E-state index is 0.00741. The van der Waals surface area contributed by atoms with E-state index in [-0.39, 0.29) is 34.5 Å². The number of hydrogen-bond donors (Lipinski definition) is 3. The number of aromatic nitrogens is 4. The van der Waals surface area contributed by atoms with Crippen molar-refractivity contribution in [2.24, 2.45) is 5.92 Å². The van der Waals surface area contributed by atoms with Crippen LogP contribution < -0.4 is 20.9 Å². The molecule has 0 unspecified atom stereocenters. The molecule has 248 valence electrons. The van der Waals surface area contributed by atoms with Gasteiger partial charge in [-0.15, -0.1) is 0 Å². The molecule has 1 aliphatic rings. The molecule has 14 nitrogen and oxygen atoms in total. The normalized spacial score (nSPS) is 16.8. The average molecular weight is 645 g/mol. The standard InChI is InChI=1S/C33H40N8O6/c1-19-10-22(38-30(43)46-32(2,3)4)17-41(16-19)24-8-9-34-15-23(24)39-28(42)26-27-25(45-29(26)40-31(44)47-33(5,6)7)11-20(14-37-27)21-12-35-18-36-13-21/h8-9,11-15,18-19,22H,10,16-17H2,1-7H3,(H,38,43)(H,39,42)(H,40,44)/t19-,22+/m1/s1. The Kier molecular flexibility index (Phi) is 9.31. The highest BCUT2D eigenvalue weighted by atomic mass is 16.6. The number of carbonyl (C=O) groups is 3. The van der Waals surface area contributed by atoms with E-state index in [1.807, 2.05) is 20.8 Å². The number of fused-ring (bicyclic) bond motifs is 1. The molecule has 1 fully saturated rings. The average Bonchev–Trinajstić information content (AvgIpc) is 3.32. The zero-order valence-electron chi connectivity index (χ0n) is 27.6. The minimum atomic E-state index is -0.796. The van der Waals surface area contributed by atoms with Gasteiger partial charge in [0.2, 0.25) is 5.88 Å². The van der Waals surface area contributed by atoms with Gasteiger partial charge in [0.15, 0.2) is 5.58 Å². The first kappa shape index (κ1) is 33.1. The summed E-state index contributed by atoms with van der Waals surface area (Å²) in [4.78, 5) is 58.3. The van der Waals surface area contributed by atoms with Gasteiger partial charge in [-0.2, -0.15) is 0 Å². The molecule has 5 rings (SSSR count). The first-order chi connectivity index (χ1) is 22.1. The molecule has 0 aromatic carbocycles. The van der Waals surface area contributed by atoms with Crippen LogP contribution >= 0.6 is 0 Å². The fourth-order valence-corrected chi connectivity index (χ4v) is 5.35. The van der Waals surface area contributed by atoms with Gasteiger partial charge in [0, 0.05) is 55.0 Å². The van der Waals surface area contributed by atoms with Gasteiger partial charge in [-0.25, -0.2) is 19.6 Å². The zero-order valence-corrected chi connectivity index (χ0v) is 27.6. The zero-order chi connectivity index (χ0) is 33.9. The number of amides is 3. The number of pyridine rings is 2. The molecule has 14 heteroatoms. The van der Waals surface area contributed by atoms with E-state index >= 15 is 0 Å². The number of ether oxygens (including phenoxy) is 2. The molecule has 0 spiro atoms. The Bertz CT molecular complexity index is 1760. The topological polar surface area (TPSA) is 174 Å². The van der Waals surface area contributed by atoms with Crippen LogP contribution in [-0.2, 0) is 9.47 Å². The van der Waals surface area contributed by atoms with Crippen molar-refractivity contribution in [3.05, 3.63) is 55.0 Å². The first-order valence-corrected chi connectivity index (χ1v) is 15.3. The van der Waals surface area contributed by atoms with E-state index in [0.717, 1.165) is 6.42 Å². The van der Waals surface area contributed by atoms with Crippen LogP contribution in [-0.4, -0.2) is 68.4 Å². The molecule has 3 N–H and O–H groups in total. The lowest BCUT2D eigenvalue weighted by Crippen LogP contribution is -2.51. The third kappa shape index (κ3) is 8.51. The predicted octanol–water partition coefficient (Wildman–Crippen LogP) is 6.02. The molecule has 0 radical (unpaired) electrons. The number of piperidine rings is 1. The predicted molar refractivity (Wildman–Crippen MR) is 176 cm³/mol. The van der Waals surface area contributed by atoms with E-state index in [2.05, 4.69) is 47.7 Å². The Morgan fingerprint density at radius 3 is 2.30 bits per heavy atom. The number of alkyl carbamates (subject to hydrolysis) is 1. The SMILES string of the molecule is C[C@@H]1C[C@H](NC(=O)OC(C)(C)C)CN(c2ccncc2NC(=O)c2c(NC(=O)OC(C)(C)C)oc3cc(-c4cncnc4)cnc23)C1. The van der Waals surface area contributed by atoms with Crippen LogP contribution in [0.1, 0.15) is 65.2 Å². The summed E-state index contributed by atoms with van der Waals surface area (Å²) in [5.74, 6) is -0.475. The molecular weight excluding hydrogens is 604 g/mol. The Hall–Kier alpha value is -5.27. The van der Waals surface area contributed by atoms with Crippen molar-refractivity contribution in [1.82, 2.24) is 25.3 Å². The van der Waals surface area contributed by atoms with Crippen LogP contribution in [0.2, 0.25) is 0 Å². The number of anilines is 3. The van der Waals surface area contributed by atoms with Gasteiger partial charge in [0.05, 0.1) is 17.6 Å². The van der Waals surface area contributed by atoms with Gasteiger partial charge < -0.3 is 29.4 Å². The number of hydrogen-bond acceptors (Lipinski definition) is 11. The van der Waals surface area contributed by atoms with Crippen LogP contribution in [0.5, 0.6) is 0 Å². The number of rotatable bonds is 6. The molecule has 0 aliphatic carbocycles. The maximum absolute atomic E-state index is 14.0. The van der Waals surface area contributed by atoms with Gasteiger partial charge in [-0.1, -0.05) is 6.92 Å². The quantitative estimate of drug-likeness (QED) is 0.224.